The van der Waals surface area contributed by atoms with Gasteiger partial charge in [-0.1, -0.05) is 18.2 Å². The Hall–Kier alpha value is -0.860. The Morgan fingerprint density at radius 3 is 2.41 bits per heavy atom. The average Bonchev–Trinajstić information content (AvgIpc) is 2.28. The number of aryl methyl sites for hydroxylation is 2. The second-order valence-electron chi connectivity index (χ2n) is 5.07. The second-order valence-corrected chi connectivity index (χ2v) is 5.07. The van der Waals surface area contributed by atoms with Crippen molar-refractivity contribution in [1.29, 1.82) is 0 Å². The zero-order chi connectivity index (χ0) is 12.8. The predicted molar refractivity (Wildman–Crippen MR) is 75.5 cm³/mol. The Morgan fingerprint density at radius 1 is 1.18 bits per heavy atom. The van der Waals surface area contributed by atoms with Crippen molar-refractivity contribution in [2.45, 2.75) is 32.7 Å². The van der Waals surface area contributed by atoms with Crippen LogP contribution >= 0.6 is 0 Å². The van der Waals surface area contributed by atoms with E-state index in [1.54, 1.807) is 0 Å². The summed E-state index contributed by atoms with van der Waals surface area (Å²) in [4.78, 5) is 2.32. The molecule has 0 fully saturated rings. The number of hydrogen-bond donors (Lipinski definition) is 1. The average molecular weight is 234 g/mol. The molecule has 0 amide bonds. The molecule has 2 heteroatoms. The van der Waals surface area contributed by atoms with Gasteiger partial charge in [-0.3, -0.25) is 0 Å². The Bertz CT molecular complexity index is 345. The van der Waals surface area contributed by atoms with E-state index in [0.29, 0.717) is 6.04 Å². The van der Waals surface area contributed by atoms with Crippen LogP contribution in [0, 0.1) is 13.8 Å². The molecule has 96 valence electrons. The predicted octanol–water partition coefficient (Wildman–Crippen LogP) is 2.91. The lowest BCUT2D eigenvalue weighted by Crippen LogP contribution is -2.21. The van der Waals surface area contributed by atoms with Gasteiger partial charge in [-0.2, -0.15) is 0 Å². The third-order valence-corrected chi connectivity index (χ3v) is 3.44. The first-order valence-electron chi connectivity index (χ1n) is 6.44. The van der Waals surface area contributed by atoms with Crippen LogP contribution in [-0.4, -0.2) is 32.6 Å². The Balaban J connectivity index is 2.78. The number of nitrogens with one attached hydrogen (secondary N) is 1. The standard InChI is InChI=1S/C15H26N2/c1-12-8-9-14(11-13(12)2)15(17(4)5)7-6-10-16-3/h8-9,11,15-16H,6-7,10H2,1-5H3. The Morgan fingerprint density at radius 2 is 1.88 bits per heavy atom. The Kier molecular flexibility index (Phi) is 5.66. The smallest absolute Gasteiger partial charge is 0.0342 e. The van der Waals surface area contributed by atoms with E-state index >= 15 is 0 Å². The monoisotopic (exact) mass is 234 g/mol. The summed E-state index contributed by atoms with van der Waals surface area (Å²) in [7, 11) is 6.35. The van der Waals surface area contributed by atoms with E-state index in [2.05, 4.69) is 56.4 Å². The summed E-state index contributed by atoms with van der Waals surface area (Å²) in [5, 5.41) is 3.22. The molecular weight excluding hydrogens is 208 g/mol. The van der Waals surface area contributed by atoms with Gasteiger partial charge in [0.15, 0.2) is 0 Å². The number of nitrogens with zero attached hydrogens (tertiary/aromatic N) is 1. The van der Waals surface area contributed by atoms with Gasteiger partial charge in [0.2, 0.25) is 0 Å². The third-order valence-electron chi connectivity index (χ3n) is 3.44. The fourth-order valence-electron chi connectivity index (χ4n) is 2.17. The van der Waals surface area contributed by atoms with Crippen molar-refractivity contribution in [3.63, 3.8) is 0 Å². The molecule has 0 aromatic heterocycles. The molecule has 2 nitrogen and oxygen atoms in total. The summed E-state index contributed by atoms with van der Waals surface area (Å²) in [5.74, 6) is 0. The van der Waals surface area contributed by atoms with Gasteiger partial charge in [-0.15, -0.1) is 0 Å². The molecule has 1 unspecified atom stereocenters. The second kappa shape index (κ2) is 6.77. The number of rotatable bonds is 6. The summed E-state index contributed by atoms with van der Waals surface area (Å²) in [6.07, 6.45) is 2.42. The third kappa shape index (κ3) is 4.14. The lowest BCUT2D eigenvalue weighted by atomic mass is 9.97. The number of benzene rings is 1. The van der Waals surface area contributed by atoms with Gasteiger partial charge < -0.3 is 10.2 Å². The first-order valence-corrected chi connectivity index (χ1v) is 6.44. The highest BCUT2D eigenvalue weighted by Gasteiger charge is 2.13. The first kappa shape index (κ1) is 14.2. The van der Waals surface area contributed by atoms with Crippen LogP contribution in [0.5, 0.6) is 0 Å². The molecule has 0 aliphatic heterocycles. The van der Waals surface area contributed by atoms with Crippen molar-refractivity contribution in [3.05, 3.63) is 34.9 Å². The Labute approximate surface area is 106 Å². The highest BCUT2D eigenvalue weighted by Crippen LogP contribution is 2.25. The van der Waals surface area contributed by atoms with E-state index in [-0.39, 0.29) is 0 Å². The van der Waals surface area contributed by atoms with Crippen molar-refractivity contribution >= 4 is 0 Å². The molecular formula is C15H26N2. The molecule has 0 aliphatic carbocycles. The minimum Gasteiger partial charge on any atom is -0.320 e. The van der Waals surface area contributed by atoms with Crippen LogP contribution in [-0.2, 0) is 0 Å². The quantitative estimate of drug-likeness (QED) is 0.761. The van der Waals surface area contributed by atoms with E-state index < -0.39 is 0 Å². The van der Waals surface area contributed by atoms with Gasteiger partial charge in [0, 0.05) is 6.04 Å². The van der Waals surface area contributed by atoms with Crippen LogP contribution in [0.15, 0.2) is 18.2 Å². The normalized spacial score (nSPS) is 13.1. The zero-order valence-corrected chi connectivity index (χ0v) is 11.9. The molecule has 1 atom stereocenters. The van der Waals surface area contributed by atoms with Gasteiger partial charge in [-0.05, 0) is 71.1 Å². The van der Waals surface area contributed by atoms with Crippen LogP contribution < -0.4 is 5.32 Å². The first-order chi connectivity index (χ1) is 8.06. The molecule has 1 N–H and O–H groups in total. The van der Waals surface area contributed by atoms with E-state index in [0.717, 1.165) is 6.54 Å². The molecule has 0 aliphatic rings. The maximum Gasteiger partial charge on any atom is 0.0342 e. The zero-order valence-electron chi connectivity index (χ0n) is 11.9. The molecule has 0 saturated heterocycles. The highest BCUT2D eigenvalue weighted by atomic mass is 15.1. The van der Waals surface area contributed by atoms with Gasteiger partial charge in [0.25, 0.3) is 0 Å². The summed E-state index contributed by atoms with van der Waals surface area (Å²) in [5.41, 5.74) is 4.21. The fourth-order valence-corrected chi connectivity index (χ4v) is 2.17. The van der Waals surface area contributed by atoms with Crippen LogP contribution in [0.25, 0.3) is 0 Å². The maximum absolute atomic E-state index is 3.22. The lowest BCUT2D eigenvalue weighted by molar-refractivity contribution is 0.279. The van der Waals surface area contributed by atoms with Gasteiger partial charge in [0.05, 0.1) is 0 Å². The van der Waals surface area contributed by atoms with Gasteiger partial charge in [-0.25, -0.2) is 0 Å². The van der Waals surface area contributed by atoms with Crippen LogP contribution in [0.2, 0.25) is 0 Å². The van der Waals surface area contributed by atoms with Crippen molar-refractivity contribution in [1.82, 2.24) is 10.2 Å². The van der Waals surface area contributed by atoms with Crippen LogP contribution in [0.1, 0.15) is 35.6 Å². The molecule has 1 aromatic rings. The molecule has 0 saturated carbocycles. The molecule has 0 bridgehead atoms. The van der Waals surface area contributed by atoms with E-state index in [9.17, 15) is 0 Å². The molecule has 0 spiro atoms. The summed E-state index contributed by atoms with van der Waals surface area (Å²) < 4.78 is 0. The highest BCUT2D eigenvalue weighted by molar-refractivity contribution is 5.31. The molecule has 1 aromatic carbocycles. The summed E-state index contributed by atoms with van der Waals surface area (Å²) >= 11 is 0. The van der Waals surface area contributed by atoms with Crippen molar-refractivity contribution in [2.75, 3.05) is 27.7 Å². The number of hydrogen-bond acceptors (Lipinski definition) is 2. The molecule has 0 heterocycles. The topological polar surface area (TPSA) is 15.3 Å². The minimum atomic E-state index is 0.530. The SMILES string of the molecule is CNCCCC(c1ccc(C)c(C)c1)N(C)C. The van der Waals surface area contributed by atoms with E-state index in [1.807, 2.05) is 7.05 Å². The van der Waals surface area contributed by atoms with Gasteiger partial charge >= 0.3 is 0 Å². The van der Waals surface area contributed by atoms with Crippen LogP contribution in [0.4, 0.5) is 0 Å². The molecule has 1 rings (SSSR count). The maximum atomic E-state index is 3.22. The van der Waals surface area contributed by atoms with Crippen molar-refractivity contribution in [3.8, 4) is 0 Å². The fraction of sp³-hybridized carbons (Fsp3) is 0.600. The largest absolute Gasteiger partial charge is 0.320 e. The minimum absolute atomic E-state index is 0.530. The molecule has 0 radical (unpaired) electrons. The van der Waals surface area contributed by atoms with Crippen molar-refractivity contribution in [2.24, 2.45) is 0 Å². The summed E-state index contributed by atoms with van der Waals surface area (Å²) in [6, 6.07) is 7.37. The lowest BCUT2D eigenvalue weighted by Gasteiger charge is -2.25. The van der Waals surface area contributed by atoms with Crippen LogP contribution in [0.3, 0.4) is 0 Å². The van der Waals surface area contributed by atoms with E-state index in [4.69, 9.17) is 0 Å². The molecule has 17 heavy (non-hydrogen) atoms. The van der Waals surface area contributed by atoms with Gasteiger partial charge in [0.1, 0.15) is 0 Å². The summed E-state index contributed by atoms with van der Waals surface area (Å²) in [6.45, 7) is 5.46. The van der Waals surface area contributed by atoms with Crippen molar-refractivity contribution < 1.29 is 0 Å². The van der Waals surface area contributed by atoms with E-state index in [1.165, 1.54) is 29.5 Å².